The van der Waals surface area contributed by atoms with Gasteiger partial charge in [0.2, 0.25) is 0 Å². The third-order valence-electron chi connectivity index (χ3n) is 4.80. The van der Waals surface area contributed by atoms with Gasteiger partial charge in [-0.25, -0.2) is 4.39 Å². The summed E-state index contributed by atoms with van der Waals surface area (Å²) in [7, 11) is 0. The first-order valence-electron chi connectivity index (χ1n) is 8.96. The van der Waals surface area contributed by atoms with Gasteiger partial charge < -0.3 is 10.2 Å². The number of benzene rings is 1. The predicted octanol–water partition coefficient (Wildman–Crippen LogP) is 3.01. The van der Waals surface area contributed by atoms with Crippen LogP contribution in [0.5, 0.6) is 0 Å². The number of nitrogens with one attached hydrogen (secondary N) is 2. The van der Waals surface area contributed by atoms with E-state index < -0.39 is 0 Å². The van der Waals surface area contributed by atoms with Crippen molar-refractivity contribution in [2.45, 2.75) is 18.9 Å². The van der Waals surface area contributed by atoms with Crippen molar-refractivity contribution in [3.63, 3.8) is 0 Å². The average Bonchev–Trinajstić information content (AvgIpc) is 3.20. The fraction of sp³-hybridized carbons (Fsp3) is 0.250. The summed E-state index contributed by atoms with van der Waals surface area (Å²) in [6.07, 6.45) is 4.93. The van der Waals surface area contributed by atoms with Crippen LogP contribution >= 0.6 is 0 Å². The van der Waals surface area contributed by atoms with E-state index in [0.717, 1.165) is 43.0 Å². The number of hydrogen-bond acceptors (Lipinski definition) is 4. The topological polar surface area (TPSA) is 73.9 Å². The number of anilines is 1. The average molecular weight is 365 g/mol. The number of carbonyl (C=O) groups excluding carboxylic acids is 1. The van der Waals surface area contributed by atoms with Crippen LogP contribution in [0.1, 0.15) is 23.2 Å². The first kappa shape index (κ1) is 17.2. The number of piperidine rings is 1. The lowest BCUT2D eigenvalue weighted by Crippen LogP contribution is -2.44. The molecular formula is C20H20FN5O. The molecule has 0 atom stereocenters. The molecule has 7 heteroatoms. The van der Waals surface area contributed by atoms with E-state index in [1.165, 1.54) is 12.1 Å². The number of aromatic amines is 1. The normalized spacial score (nSPS) is 14.9. The number of rotatable bonds is 4. The molecule has 138 valence electrons. The SMILES string of the molecule is O=C(NC1CCN(c2cc(-c3ccc(F)cc3)[nH]n2)CC1)c1cccnc1. The molecule has 0 spiro atoms. The summed E-state index contributed by atoms with van der Waals surface area (Å²) in [6, 6.07) is 12.0. The van der Waals surface area contributed by atoms with Gasteiger partial charge in [-0.1, -0.05) is 0 Å². The Balaban J connectivity index is 1.34. The van der Waals surface area contributed by atoms with Gasteiger partial charge in [0, 0.05) is 37.6 Å². The van der Waals surface area contributed by atoms with E-state index in [2.05, 4.69) is 25.4 Å². The van der Waals surface area contributed by atoms with Gasteiger partial charge in [0.05, 0.1) is 11.3 Å². The van der Waals surface area contributed by atoms with E-state index in [1.807, 2.05) is 6.07 Å². The summed E-state index contributed by atoms with van der Waals surface area (Å²) >= 11 is 0. The van der Waals surface area contributed by atoms with E-state index in [-0.39, 0.29) is 17.8 Å². The highest BCUT2D eigenvalue weighted by Crippen LogP contribution is 2.24. The Kier molecular flexibility index (Phi) is 4.82. The molecule has 3 heterocycles. The van der Waals surface area contributed by atoms with Gasteiger partial charge in [-0.05, 0) is 54.8 Å². The molecule has 27 heavy (non-hydrogen) atoms. The second-order valence-corrected chi connectivity index (χ2v) is 6.62. The van der Waals surface area contributed by atoms with Crippen molar-refractivity contribution >= 4 is 11.7 Å². The summed E-state index contributed by atoms with van der Waals surface area (Å²) in [5.74, 6) is 0.528. The Hall–Kier alpha value is -3.22. The molecule has 1 aliphatic rings. The monoisotopic (exact) mass is 365 g/mol. The van der Waals surface area contributed by atoms with Gasteiger partial charge in [0.15, 0.2) is 5.82 Å². The number of aromatic nitrogens is 3. The van der Waals surface area contributed by atoms with Crippen molar-refractivity contribution in [2.75, 3.05) is 18.0 Å². The van der Waals surface area contributed by atoms with E-state index in [0.29, 0.717) is 5.56 Å². The second-order valence-electron chi connectivity index (χ2n) is 6.62. The fourth-order valence-electron chi connectivity index (χ4n) is 3.27. The molecule has 0 saturated carbocycles. The molecule has 1 fully saturated rings. The highest BCUT2D eigenvalue weighted by Gasteiger charge is 2.22. The third-order valence-corrected chi connectivity index (χ3v) is 4.80. The van der Waals surface area contributed by atoms with Crippen molar-refractivity contribution in [3.05, 3.63) is 66.2 Å². The van der Waals surface area contributed by atoms with Gasteiger partial charge in [0.25, 0.3) is 5.91 Å². The van der Waals surface area contributed by atoms with Crippen LogP contribution in [0, 0.1) is 5.82 Å². The van der Waals surface area contributed by atoms with Crippen molar-refractivity contribution in [2.24, 2.45) is 0 Å². The first-order valence-corrected chi connectivity index (χ1v) is 8.96. The van der Waals surface area contributed by atoms with Crippen LogP contribution in [-0.4, -0.2) is 40.2 Å². The standard InChI is InChI=1S/C20H20FN5O/c21-16-5-3-14(4-6-16)18-12-19(25-24-18)26-10-7-17(8-11-26)23-20(27)15-2-1-9-22-13-15/h1-6,9,12-13,17H,7-8,10-11H2,(H,23,27)(H,24,25). The van der Waals surface area contributed by atoms with Gasteiger partial charge in [-0.15, -0.1) is 0 Å². The highest BCUT2D eigenvalue weighted by atomic mass is 19.1. The molecule has 3 aromatic rings. The zero-order valence-electron chi connectivity index (χ0n) is 14.7. The molecule has 4 rings (SSSR count). The molecule has 0 aliphatic carbocycles. The number of pyridine rings is 1. The minimum atomic E-state index is -0.256. The zero-order valence-corrected chi connectivity index (χ0v) is 14.7. The molecule has 0 radical (unpaired) electrons. The lowest BCUT2D eigenvalue weighted by Gasteiger charge is -2.32. The second kappa shape index (κ2) is 7.57. The van der Waals surface area contributed by atoms with Crippen LogP contribution < -0.4 is 10.2 Å². The number of halogens is 1. The minimum absolute atomic E-state index is 0.0834. The van der Waals surface area contributed by atoms with Crippen LogP contribution in [0.2, 0.25) is 0 Å². The van der Waals surface area contributed by atoms with E-state index in [4.69, 9.17) is 0 Å². The van der Waals surface area contributed by atoms with E-state index in [9.17, 15) is 9.18 Å². The third kappa shape index (κ3) is 3.97. The lowest BCUT2D eigenvalue weighted by molar-refractivity contribution is 0.0930. The van der Waals surface area contributed by atoms with Gasteiger partial charge in [0.1, 0.15) is 5.82 Å². The lowest BCUT2D eigenvalue weighted by atomic mass is 10.0. The minimum Gasteiger partial charge on any atom is -0.355 e. The number of hydrogen-bond donors (Lipinski definition) is 2. The Morgan fingerprint density at radius 3 is 2.67 bits per heavy atom. The Morgan fingerprint density at radius 1 is 1.19 bits per heavy atom. The quantitative estimate of drug-likeness (QED) is 0.745. The summed E-state index contributed by atoms with van der Waals surface area (Å²) in [6.45, 7) is 1.62. The van der Waals surface area contributed by atoms with Crippen LogP contribution in [-0.2, 0) is 0 Å². The molecular weight excluding hydrogens is 345 g/mol. The Labute approximate surface area is 156 Å². The van der Waals surface area contributed by atoms with Gasteiger partial charge in [-0.2, -0.15) is 5.10 Å². The number of nitrogens with zero attached hydrogens (tertiary/aromatic N) is 3. The number of carbonyl (C=O) groups is 1. The van der Waals surface area contributed by atoms with Crippen molar-refractivity contribution in [1.82, 2.24) is 20.5 Å². The summed E-state index contributed by atoms with van der Waals surface area (Å²) in [4.78, 5) is 18.4. The molecule has 1 saturated heterocycles. The largest absolute Gasteiger partial charge is 0.355 e. The smallest absolute Gasteiger partial charge is 0.253 e. The van der Waals surface area contributed by atoms with Crippen molar-refractivity contribution < 1.29 is 9.18 Å². The fourth-order valence-corrected chi connectivity index (χ4v) is 3.27. The van der Waals surface area contributed by atoms with Crippen molar-refractivity contribution in [3.8, 4) is 11.3 Å². The maximum atomic E-state index is 13.1. The van der Waals surface area contributed by atoms with E-state index in [1.54, 1.807) is 36.7 Å². The van der Waals surface area contributed by atoms with Crippen LogP contribution in [0.25, 0.3) is 11.3 Å². The van der Waals surface area contributed by atoms with Crippen LogP contribution in [0.15, 0.2) is 54.9 Å². The Morgan fingerprint density at radius 2 is 1.96 bits per heavy atom. The molecule has 0 unspecified atom stereocenters. The predicted molar refractivity (Wildman–Crippen MR) is 101 cm³/mol. The molecule has 2 N–H and O–H groups in total. The van der Waals surface area contributed by atoms with Gasteiger partial charge in [-0.3, -0.25) is 14.9 Å². The molecule has 1 aromatic carbocycles. The summed E-state index contributed by atoms with van der Waals surface area (Å²) < 4.78 is 13.1. The van der Waals surface area contributed by atoms with Gasteiger partial charge >= 0.3 is 0 Å². The highest BCUT2D eigenvalue weighted by molar-refractivity contribution is 5.94. The Bertz CT molecular complexity index is 902. The van der Waals surface area contributed by atoms with E-state index >= 15 is 0 Å². The number of H-pyrrole nitrogens is 1. The molecule has 6 nitrogen and oxygen atoms in total. The molecule has 2 aromatic heterocycles. The summed E-state index contributed by atoms with van der Waals surface area (Å²) in [5.41, 5.74) is 2.34. The summed E-state index contributed by atoms with van der Waals surface area (Å²) in [5, 5.41) is 10.5. The van der Waals surface area contributed by atoms with Crippen molar-refractivity contribution in [1.29, 1.82) is 0 Å². The molecule has 1 aliphatic heterocycles. The molecule has 0 bridgehead atoms. The zero-order chi connectivity index (χ0) is 18.6. The van der Waals surface area contributed by atoms with Crippen LogP contribution in [0.4, 0.5) is 10.2 Å². The first-order chi connectivity index (χ1) is 13.2. The number of amides is 1. The maximum Gasteiger partial charge on any atom is 0.253 e. The maximum absolute atomic E-state index is 13.1. The van der Waals surface area contributed by atoms with Crippen LogP contribution in [0.3, 0.4) is 0 Å². The molecule has 1 amide bonds.